The van der Waals surface area contributed by atoms with Gasteiger partial charge < -0.3 is 10.2 Å². The summed E-state index contributed by atoms with van der Waals surface area (Å²) < 4.78 is 0. The summed E-state index contributed by atoms with van der Waals surface area (Å²) in [5.41, 5.74) is 0. The zero-order valence-electron chi connectivity index (χ0n) is 19.4. The Balaban J connectivity index is -0.000000451. The molecular formula is C24H48O4Pb. The summed E-state index contributed by atoms with van der Waals surface area (Å²) in [5.74, 6) is -1.32. The van der Waals surface area contributed by atoms with Crippen molar-refractivity contribution in [2.45, 2.75) is 142 Å². The number of unbranched alkanes of at least 4 members (excludes halogenated alkanes) is 16. The van der Waals surface area contributed by atoms with Gasteiger partial charge in [0.15, 0.2) is 0 Å². The Bertz CT molecular complexity index is 303. The topological polar surface area (TPSA) is 74.6 Å². The van der Waals surface area contributed by atoms with Crippen molar-refractivity contribution >= 4 is 39.2 Å². The standard InChI is InChI=1S/2C12H24O2.Pb/c2*1-2-3-4-5-6-7-8-9-10-11-12(13)14;/h2*2-11H2,1H3,(H,13,14);. The first-order chi connectivity index (χ1) is 13.5. The second-order valence-corrected chi connectivity index (χ2v) is 7.94. The van der Waals surface area contributed by atoms with Gasteiger partial charge in [-0.2, -0.15) is 0 Å². The van der Waals surface area contributed by atoms with Gasteiger partial charge in [0.1, 0.15) is 0 Å². The fourth-order valence-electron chi connectivity index (χ4n) is 3.17. The van der Waals surface area contributed by atoms with E-state index in [1.54, 1.807) is 0 Å². The van der Waals surface area contributed by atoms with Crippen molar-refractivity contribution in [1.29, 1.82) is 0 Å². The molecule has 2 N–H and O–H groups in total. The molecule has 0 spiro atoms. The average Bonchev–Trinajstić information content (AvgIpc) is 2.65. The zero-order chi connectivity index (χ0) is 21.3. The molecule has 0 bridgehead atoms. The molecule has 0 atom stereocenters. The number of hydrogen-bond donors (Lipinski definition) is 2. The van der Waals surface area contributed by atoms with Crippen LogP contribution in [0.1, 0.15) is 142 Å². The Morgan fingerprint density at radius 1 is 0.448 bits per heavy atom. The van der Waals surface area contributed by atoms with Gasteiger partial charge in [0.25, 0.3) is 0 Å². The summed E-state index contributed by atoms with van der Waals surface area (Å²) >= 11 is 0. The molecule has 0 fully saturated rings. The number of carboxylic acids is 2. The molecule has 0 heterocycles. The number of carboxylic acid groups (broad SMARTS) is 2. The predicted molar refractivity (Wildman–Crippen MR) is 125 cm³/mol. The van der Waals surface area contributed by atoms with Gasteiger partial charge in [-0.1, -0.05) is 117 Å². The number of rotatable bonds is 20. The molecule has 4 nitrogen and oxygen atoms in total. The van der Waals surface area contributed by atoms with E-state index in [9.17, 15) is 9.59 Å². The van der Waals surface area contributed by atoms with Crippen LogP contribution in [-0.4, -0.2) is 49.5 Å². The fourth-order valence-corrected chi connectivity index (χ4v) is 3.17. The van der Waals surface area contributed by atoms with Crippen LogP contribution >= 0.6 is 0 Å². The van der Waals surface area contributed by atoms with E-state index < -0.39 is 11.9 Å². The first kappa shape index (κ1) is 33.5. The molecule has 0 rings (SSSR count). The molecule has 0 unspecified atom stereocenters. The number of carbonyl (C=O) groups is 2. The van der Waals surface area contributed by atoms with Crippen molar-refractivity contribution in [3.8, 4) is 0 Å². The monoisotopic (exact) mass is 608 g/mol. The maximum Gasteiger partial charge on any atom is 0.303 e. The van der Waals surface area contributed by atoms with Crippen LogP contribution < -0.4 is 0 Å². The minimum absolute atomic E-state index is 0. The van der Waals surface area contributed by atoms with Gasteiger partial charge in [-0.3, -0.25) is 9.59 Å². The van der Waals surface area contributed by atoms with Crippen LogP contribution in [-0.2, 0) is 9.59 Å². The smallest absolute Gasteiger partial charge is 0.303 e. The molecule has 0 saturated heterocycles. The Hall–Kier alpha value is -0.138. The Labute approximate surface area is 200 Å². The van der Waals surface area contributed by atoms with Crippen LogP contribution in [0, 0.1) is 0 Å². The molecule has 0 aliphatic carbocycles. The molecule has 0 amide bonds. The average molecular weight is 608 g/mol. The van der Waals surface area contributed by atoms with Crippen LogP contribution in [0.2, 0.25) is 0 Å². The summed E-state index contributed by atoms with van der Waals surface area (Å²) in [4.78, 5) is 20.4. The van der Waals surface area contributed by atoms with Gasteiger partial charge in [-0.05, 0) is 12.8 Å². The summed E-state index contributed by atoms with van der Waals surface area (Å²) in [6.45, 7) is 4.46. The Morgan fingerprint density at radius 2 is 0.655 bits per heavy atom. The van der Waals surface area contributed by atoms with E-state index in [0.717, 1.165) is 25.7 Å². The van der Waals surface area contributed by atoms with E-state index in [4.69, 9.17) is 10.2 Å². The van der Waals surface area contributed by atoms with Crippen molar-refractivity contribution in [2.75, 3.05) is 0 Å². The van der Waals surface area contributed by atoms with E-state index in [0.29, 0.717) is 12.8 Å². The van der Waals surface area contributed by atoms with E-state index in [1.807, 2.05) is 0 Å². The third-order valence-electron chi connectivity index (χ3n) is 4.99. The first-order valence-electron chi connectivity index (χ1n) is 12.0. The SMILES string of the molecule is CCCCCCCCCCCC(=O)O.CCCCCCCCCCCC(=O)O.[Pb]. The number of hydrogen-bond acceptors (Lipinski definition) is 2. The minimum atomic E-state index is -0.659. The van der Waals surface area contributed by atoms with Crippen molar-refractivity contribution in [3.63, 3.8) is 0 Å². The summed E-state index contributed by atoms with van der Waals surface area (Å²) in [5, 5.41) is 16.8. The minimum Gasteiger partial charge on any atom is -0.481 e. The Kier molecular flexibility index (Phi) is 34.7. The normalized spacial score (nSPS) is 10.0. The van der Waals surface area contributed by atoms with Crippen molar-refractivity contribution in [3.05, 3.63) is 0 Å². The van der Waals surface area contributed by atoms with Crippen molar-refractivity contribution in [2.24, 2.45) is 0 Å². The summed E-state index contributed by atoms with van der Waals surface area (Å²) in [7, 11) is 0. The van der Waals surface area contributed by atoms with Crippen LogP contribution in [0.4, 0.5) is 0 Å². The summed E-state index contributed by atoms with van der Waals surface area (Å²) in [6, 6.07) is 0. The van der Waals surface area contributed by atoms with Crippen molar-refractivity contribution in [1.82, 2.24) is 0 Å². The predicted octanol–water partition coefficient (Wildman–Crippen LogP) is 7.60. The maximum absolute atomic E-state index is 10.2. The van der Waals surface area contributed by atoms with E-state index in [-0.39, 0.29) is 27.3 Å². The quantitative estimate of drug-likeness (QED) is 0.110. The molecule has 0 aromatic rings. The van der Waals surface area contributed by atoms with Crippen LogP contribution in [0.15, 0.2) is 0 Å². The summed E-state index contributed by atoms with van der Waals surface area (Å²) in [6.07, 6.45) is 23.0. The largest absolute Gasteiger partial charge is 0.481 e. The molecule has 0 aliphatic rings. The second kappa shape index (κ2) is 30.1. The third-order valence-corrected chi connectivity index (χ3v) is 4.99. The van der Waals surface area contributed by atoms with Gasteiger partial charge in [0.05, 0.1) is 0 Å². The first-order valence-corrected chi connectivity index (χ1v) is 12.0. The molecule has 4 radical (unpaired) electrons. The van der Waals surface area contributed by atoms with Gasteiger partial charge in [-0.25, -0.2) is 0 Å². The van der Waals surface area contributed by atoms with E-state index in [1.165, 1.54) is 89.9 Å². The van der Waals surface area contributed by atoms with Gasteiger partial charge in [-0.15, -0.1) is 0 Å². The van der Waals surface area contributed by atoms with Crippen LogP contribution in [0.5, 0.6) is 0 Å². The van der Waals surface area contributed by atoms with E-state index >= 15 is 0 Å². The molecular weight excluding hydrogens is 559 g/mol. The molecule has 29 heavy (non-hydrogen) atoms. The molecule has 0 aromatic heterocycles. The molecule has 172 valence electrons. The fraction of sp³-hybridized carbons (Fsp3) is 0.917. The molecule has 0 aliphatic heterocycles. The Morgan fingerprint density at radius 3 is 0.862 bits per heavy atom. The molecule has 5 heteroatoms. The molecule has 0 saturated carbocycles. The van der Waals surface area contributed by atoms with Crippen molar-refractivity contribution < 1.29 is 19.8 Å². The van der Waals surface area contributed by atoms with Crippen LogP contribution in [0.3, 0.4) is 0 Å². The van der Waals surface area contributed by atoms with Crippen LogP contribution in [0.25, 0.3) is 0 Å². The number of aliphatic carboxylic acids is 2. The zero-order valence-corrected chi connectivity index (χ0v) is 23.2. The third kappa shape index (κ3) is 39.0. The van der Waals surface area contributed by atoms with E-state index in [2.05, 4.69) is 13.8 Å². The maximum atomic E-state index is 10.2. The molecule has 0 aromatic carbocycles. The second-order valence-electron chi connectivity index (χ2n) is 7.94. The van der Waals surface area contributed by atoms with Gasteiger partial charge in [0, 0.05) is 40.1 Å². The van der Waals surface area contributed by atoms with Gasteiger partial charge >= 0.3 is 11.9 Å². The van der Waals surface area contributed by atoms with Gasteiger partial charge in [0.2, 0.25) is 0 Å².